The summed E-state index contributed by atoms with van der Waals surface area (Å²) in [7, 11) is 1.68. The summed E-state index contributed by atoms with van der Waals surface area (Å²) in [5, 5.41) is 11.2. The zero-order valence-corrected chi connectivity index (χ0v) is 7.27. The molecule has 0 aromatic heterocycles. The molecule has 0 amide bonds. The smallest absolute Gasteiger partial charge is 0.0887 e. The van der Waals surface area contributed by atoms with Gasteiger partial charge in [-0.3, -0.25) is 0 Å². The molecule has 1 saturated heterocycles. The first-order valence-corrected chi connectivity index (χ1v) is 4.18. The third kappa shape index (κ3) is 2.46. The maximum absolute atomic E-state index is 8.23. The van der Waals surface area contributed by atoms with Crippen molar-refractivity contribution in [3.8, 4) is 0 Å². The lowest BCUT2D eigenvalue weighted by atomic mass is 10.0. The first-order chi connectivity index (χ1) is 5.88. The van der Waals surface area contributed by atoms with Gasteiger partial charge in [-0.2, -0.15) is 0 Å². The molecular weight excluding hydrogens is 158 g/mol. The van der Waals surface area contributed by atoms with Crippen molar-refractivity contribution in [1.82, 2.24) is 0 Å². The highest BCUT2D eigenvalue weighted by Crippen LogP contribution is 2.18. The highest BCUT2D eigenvalue weighted by Gasteiger charge is 2.24. The predicted octanol–water partition coefficient (Wildman–Crippen LogP) is 1.03. The van der Waals surface area contributed by atoms with Gasteiger partial charge in [-0.1, -0.05) is 0 Å². The molecule has 1 rings (SSSR count). The first kappa shape index (κ1) is 9.48. The van der Waals surface area contributed by atoms with Crippen LogP contribution in [0.4, 0.5) is 0 Å². The Morgan fingerprint density at radius 2 is 2.58 bits per heavy atom. The van der Waals surface area contributed by atoms with E-state index in [9.17, 15) is 0 Å². The number of rotatable bonds is 3. The number of ether oxygens (including phenoxy) is 2. The zero-order chi connectivity index (χ0) is 8.81. The maximum Gasteiger partial charge on any atom is 0.0887 e. The SMILES string of the molecule is COC1CCCOC1CC=NO. The Morgan fingerprint density at radius 1 is 1.75 bits per heavy atom. The molecule has 0 saturated carbocycles. The molecule has 2 atom stereocenters. The van der Waals surface area contributed by atoms with Gasteiger partial charge in [0.15, 0.2) is 0 Å². The molecule has 0 bridgehead atoms. The van der Waals surface area contributed by atoms with Crippen molar-refractivity contribution in [2.45, 2.75) is 31.5 Å². The lowest BCUT2D eigenvalue weighted by Gasteiger charge is -2.29. The van der Waals surface area contributed by atoms with Crippen LogP contribution in [0.1, 0.15) is 19.3 Å². The topological polar surface area (TPSA) is 51.0 Å². The van der Waals surface area contributed by atoms with E-state index in [1.165, 1.54) is 6.21 Å². The van der Waals surface area contributed by atoms with Gasteiger partial charge in [0.05, 0.1) is 12.2 Å². The van der Waals surface area contributed by atoms with Crippen LogP contribution in [0.3, 0.4) is 0 Å². The monoisotopic (exact) mass is 173 g/mol. The Bertz CT molecular complexity index is 149. The second-order valence-corrected chi connectivity index (χ2v) is 2.86. The van der Waals surface area contributed by atoms with E-state index >= 15 is 0 Å². The number of hydrogen-bond donors (Lipinski definition) is 1. The Hall–Kier alpha value is -0.610. The first-order valence-electron chi connectivity index (χ1n) is 4.18. The number of nitrogens with zero attached hydrogens (tertiary/aromatic N) is 1. The lowest BCUT2D eigenvalue weighted by molar-refractivity contribution is -0.0863. The van der Waals surface area contributed by atoms with Crippen molar-refractivity contribution in [2.24, 2.45) is 5.16 Å². The van der Waals surface area contributed by atoms with E-state index in [-0.39, 0.29) is 12.2 Å². The Labute approximate surface area is 72.2 Å². The Kier molecular flexibility index (Phi) is 4.04. The Balaban J connectivity index is 2.36. The minimum absolute atomic E-state index is 0.0552. The molecule has 0 spiro atoms. The summed E-state index contributed by atoms with van der Waals surface area (Å²) in [5.41, 5.74) is 0. The van der Waals surface area contributed by atoms with Crippen LogP contribution in [0.2, 0.25) is 0 Å². The molecule has 1 heterocycles. The molecule has 1 aliphatic rings. The number of methoxy groups -OCH3 is 1. The summed E-state index contributed by atoms with van der Waals surface area (Å²) in [6, 6.07) is 0. The fourth-order valence-corrected chi connectivity index (χ4v) is 1.45. The molecule has 0 aromatic rings. The third-order valence-electron chi connectivity index (χ3n) is 2.10. The van der Waals surface area contributed by atoms with Crippen LogP contribution >= 0.6 is 0 Å². The van der Waals surface area contributed by atoms with Gasteiger partial charge in [0.2, 0.25) is 0 Å². The maximum atomic E-state index is 8.23. The van der Waals surface area contributed by atoms with E-state index < -0.39 is 0 Å². The molecule has 0 radical (unpaired) electrons. The van der Waals surface area contributed by atoms with Crippen LogP contribution in [-0.4, -0.2) is 37.3 Å². The molecule has 0 aromatic carbocycles. The quantitative estimate of drug-likeness (QED) is 0.394. The molecule has 2 unspecified atom stereocenters. The van der Waals surface area contributed by atoms with E-state index in [1.54, 1.807) is 7.11 Å². The van der Waals surface area contributed by atoms with Gasteiger partial charge in [-0.25, -0.2) is 0 Å². The highest BCUT2D eigenvalue weighted by atomic mass is 16.5. The Morgan fingerprint density at radius 3 is 3.25 bits per heavy atom. The molecular formula is C8H15NO3. The van der Waals surface area contributed by atoms with E-state index in [0.717, 1.165) is 19.4 Å². The van der Waals surface area contributed by atoms with Gasteiger partial charge in [0.25, 0.3) is 0 Å². The van der Waals surface area contributed by atoms with Crippen molar-refractivity contribution >= 4 is 6.21 Å². The summed E-state index contributed by atoms with van der Waals surface area (Å²) in [6.07, 6.45) is 4.35. The van der Waals surface area contributed by atoms with Crippen LogP contribution in [0, 0.1) is 0 Å². The average molecular weight is 173 g/mol. The fraction of sp³-hybridized carbons (Fsp3) is 0.875. The van der Waals surface area contributed by atoms with Crippen molar-refractivity contribution in [2.75, 3.05) is 13.7 Å². The zero-order valence-electron chi connectivity index (χ0n) is 7.27. The average Bonchev–Trinajstić information content (AvgIpc) is 2.15. The van der Waals surface area contributed by atoms with E-state index in [1.807, 2.05) is 0 Å². The molecule has 1 fully saturated rings. The van der Waals surface area contributed by atoms with Crippen LogP contribution < -0.4 is 0 Å². The van der Waals surface area contributed by atoms with Gasteiger partial charge in [-0.05, 0) is 12.8 Å². The summed E-state index contributed by atoms with van der Waals surface area (Å²) in [4.78, 5) is 0. The van der Waals surface area contributed by atoms with Crippen LogP contribution in [0.25, 0.3) is 0 Å². The normalized spacial score (nSPS) is 31.1. The third-order valence-corrected chi connectivity index (χ3v) is 2.10. The van der Waals surface area contributed by atoms with E-state index in [4.69, 9.17) is 14.7 Å². The summed E-state index contributed by atoms with van der Waals surface area (Å²) < 4.78 is 10.7. The van der Waals surface area contributed by atoms with E-state index in [2.05, 4.69) is 5.16 Å². The molecule has 0 aliphatic carbocycles. The molecule has 4 heteroatoms. The van der Waals surface area contributed by atoms with Gasteiger partial charge < -0.3 is 14.7 Å². The van der Waals surface area contributed by atoms with Crippen LogP contribution in [0.15, 0.2) is 5.16 Å². The molecule has 1 aliphatic heterocycles. The van der Waals surface area contributed by atoms with Gasteiger partial charge in [-0.15, -0.1) is 5.16 Å². The number of hydrogen-bond acceptors (Lipinski definition) is 4. The van der Waals surface area contributed by atoms with Gasteiger partial charge in [0, 0.05) is 26.4 Å². The standard InChI is InChI=1S/C8H15NO3/c1-11-7-3-2-6-12-8(7)4-5-9-10/h5,7-8,10H,2-4,6H2,1H3. The largest absolute Gasteiger partial charge is 0.411 e. The molecule has 12 heavy (non-hydrogen) atoms. The second kappa shape index (κ2) is 5.11. The van der Waals surface area contributed by atoms with Crippen LogP contribution in [-0.2, 0) is 9.47 Å². The van der Waals surface area contributed by atoms with Crippen molar-refractivity contribution in [1.29, 1.82) is 0 Å². The molecule has 4 nitrogen and oxygen atoms in total. The minimum atomic E-state index is 0.0552. The fourth-order valence-electron chi connectivity index (χ4n) is 1.45. The highest BCUT2D eigenvalue weighted by molar-refractivity contribution is 5.57. The minimum Gasteiger partial charge on any atom is -0.411 e. The van der Waals surface area contributed by atoms with Crippen molar-refractivity contribution in [3.05, 3.63) is 0 Å². The predicted molar refractivity (Wildman–Crippen MR) is 44.7 cm³/mol. The van der Waals surface area contributed by atoms with Gasteiger partial charge >= 0.3 is 0 Å². The summed E-state index contributed by atoms with van der Waals surface area (Å²) in [6.45, 7) is 0.782. The van der Waals surface area contributed by atoms with Crippen LogP contribution in [0.5, 0.6) is 0 Å². The van der Waals surface area contributed by atoms with E-state index in [0.29, 0.717) is 6.42 Å². The summed E-state index contributed by atoms with van der Waals surface area (Å²) in [5.74, 6) is 0. The lowest BCUT2D eigenvalue weighted by Crippen LogP contribution is -2.35. The second-order valence-electron chi connectivity index (χ2n) is 2.86. The van der Waals surface area contributed by atoms with Crippen molar-refractivity contribution < 1.29 is 14.7 Å². The van der Waals surface area contributed by atoms with Crippen molar-refractivity contribution in [3.63, 3.8) is 0 Å². The molecule has 1 N–H and O–H groups in total. The number of oxime groups is 1. The van der Waals surface area contributed by atoms with Gasteiger partial charge in [0.1, 0.15) is 0 Å². The molecule has 70 valence electrons. The summed E-state index contributed by atoms with van der Waals surface area (Å²) >= 11 is 0.